The maximum Gasteiger partial charge on any atom is 0.336 e. The van der Waals surface area contributed by atoms with E-state index >= 15 is 0 Å². The van der Waals surface area contributed by atoms with Crippen LogP contribution in [-0.2, 0) is 35.0 Å². The minimum Gasteiger partial charge on any atom is -0.466 e. The van der Waals surface area contributed by atoms with Crippen LogP contribution in [0.3, 0.4) is 0 Å². The maximum atomic E-state index is 13.5. The van der Waals surface area contributed by atoms with Gasteiger partial charge in [0.15, 0.2) is 5.13 Å². The third-order valence-electron chi connectivity index (χ3n) is 5.86. The van der Waals surface area contributed by atoms with Gasteiger partial charge in [-0.05, 0) is 40.2 Å². The molecule has 194 valence electrons. The van der Waals surface area contributed by atoms with Crippen molar-refractivity contribution in [2.45, 2.75) is 52.6 Å². The van der Waals surface area contributed by atoms with Gasteiger partial charge in [-0.15, -0.1) is 11.3 Å². The lowest BCUT2D eigenvalue weighted by Gasteiger charge is -2.46. The first-order valence-corrected chi connectivity index (χ1v) is 12.9. The van der Waals surface area contributed by atoms with Crippen LogP contribution >= 0.6 is 11.3 Å². The number of aromatic nitrogens is 1. The Balaban J connectivity index is 2.07. The summed E-state index contributed by atoms with van der Waals surface area (Å²) in [6, 6.07) is 9.38. The van der Waals surface area contributed by atoms with Crippen molar-refractivity contribution in [3.8, 4) is 0 Å². The van der Waals surface area contributed by atoms with Gasteiger partial charge in [-0.2, -0.15) is 0 Å². The number of ether oxygens (including phenoxy) is 3. The highest BCUT2D eigenvalue weighted by molar-refractivity contribution is 7.13. The molecule has 3 atom stereocenters. The number of rotatable bonds is 10. The molecule has 2 heterocycles. The zero-order valence-electron chi connectivity index (χ0n) is 21.3. The van der Waals surface area contributed by atoms with E-state index in [2.05, 4.69) is 15.6 Å². The summed E-state index contributed by atoms with van der Waals surface area (Å²) in [7, 11) is 0. The fourth-order valence-corrected chi connectivity index (χ4v) is 5.34. The second-order valence-electron chi connectivity index (χ2n) is 8.46. The van der Waals surface area contributed by atoms with Crippen LogP contribution < -0.4 is 10.6 Å². The van der Waals surface area contributed by atoms with Gasteiger partial charge < -0.3 is 24.8 Å². The third kappa shape index (κ3) is 6.04. The largest absolute Gasteiger partial charge is 0.466 e. The highest BCUT2D eigenvalue weighted by atomic mass is 32.1. The van der Waals surface area contributed by atoms with E-state index in [1.54, 1.807) is 33.1 Å². The Morgan fingerprint density at radius 2 is 1.72 bits per heavy atom. The molecule has 0 saturated heterocycles. The Kier molecular flexibility index (Phi) is 9.08. The molecule has 0 fully saturated rings. The molecule has 0 bridgehead atoms. The molecule has 3 unspecified atom stereocenters. The van der Waals surface area contributed by atoms with E-state index in [1.165, 1.54) is 11.3 Å². The summed E-state index contributed by atoms with van der Waals surface area (Å²) in [5.41, 5.74) is 1.23. The number of allylic oxidation sites excluding steroid dienone is 1. The average Bonchev–Trinajstić information content (AvgIpc) is 3.25. The van der Waals surface area contributed by atoms with Gasteiger partial charge in [-0.3, -0.25) is 9.59 Å². The molecule has 36 heavy (non-hydrogen) atoms. The molecule has 0 radical (unpaired) electrons. The van der Waals surface area contributed by atoms with Crippen molar-refractivity contribution in [1.29, 1.82) is 0 Å². The first-order chi connectivity index (χ1) is 17.2. The predicted octanol–water partition coefficient (Wildman–Crippen LogP) is 3.78. The predicted molar refractivity (Wildman–Crippen MR) is 136 cm³/mol. The van der Waals surface area contributed by atoms with Crippen LogP contribution in [0.4, 0.5) is 5.13 Å². The molecule has 10 heteroatoms. The normalized spacial score (nSPS) is 21.4. The van der Waals surface area contributed by atoms with E-state index in [-0.39, 0.29) is 25.6 Å². The number of anilines is 1. The smallest absolute Gasteiger partial charge is 0.336 e. The number of nitrogens with zero attached hydrogens (tertiary/aromatic N) is 1. The summed E-state index contributed by atoms with van der Waals surface area (Å²) in [4.78, 5) is 43.0. The lowest BCUT2D eigenvalue weighted by Crippen LogP contribution is -2.62. The van der Waals surface area contributed by atoms with E-state index < -0.39 is 29.4 Å². The zero-order valence-corrected chi connectivity index (χ0v) is 22.1. The summed E-state index contributed by atoms with van der Waals surface area (Å²) >= 11 is 1.31. The molecule has 0 saturated carbocycles. The topological polar surface area (TPSA) is 116 Å². The molecule has 1 aliphatic rings. The molecule has 3 rings (SSSR count). The van der Waals surface area contributed by atoms with Gasteiger partial charge in [0.05, 0.1) is 37.5 Å². The van der Waals surface area contributed by atoms with Gasteiger partial charge in [0.2, 0.25) is 0 Å². The summed E-state index contributed by atoms with van der Waals surface area (Å²) in [5, 5.41) is 8.96. The summed E-state index contributed by atoms with van der Waals surface area (Å²) in [6.07, 6.45) is 0.0516. The highest BCUT2D eigenvalue weighted by Gasteiger charge is 2.52. The highest BCUT2D eigenvalue weighted by Crippen LogP contribution is 2.45. The van der Waals surface area contributed by atoms with E-state index in [4.69, 9.17) is 14.2 Å². The molecule has 0 spiro atoms. The molecule has 0 aliphatic carbocycles. The quantitative estimate of drug-likeness (QED) is 0.360. The van der Waals surface area contributed by atoms with Crippen LogP contribution in [0.5, 0.6) is 0 Å². The first-order valence-electron chi connectivity index (χ1n) is 12.0. The number of nitrogens with one attached hydrogen (secondary N) is 2. The Morgan fingerprint density at radius 3 is 2.36 bits per heavy atom. The Bertz CT molecular complexity index is 1120. The minimum absolute atomic E-state index is 0.0516. The number of benzene rings is 1. The average molecular weight is 516 g/mol. The zero-order chi connectivity index (χ0) is 26.3. The van der Waals surface area contributed by atoms with Crippen LogP contribution in [0.1, 0.15) is 51.8 Å². The Hall–Kier alpha value is -3.40. The second-order valence-corrected chi connectivity index (χ2v) is 9.31. The van der Waals surface area contributed by atoms with Crippen LogP contribution in [0.2, 0.25) is 0 Å². The van der Waals surface area contributed by atoms with Crippen molar-refractivity contribution in [1.82, 2.24) is 10.3 Å². The number of hydrogen-bond donors (Lipinski definition) is 2. The Labute approximate surface area is 215 Å². The molecular formula is C26H33N3O6S. The molecule has 1 aliphatic heterocycles. The fraction of sp³-hybridized carbons (Fsp3) is 0.462. The SMILES string of the molecule is CCOC(=O)Cc1csc(NC2(C)NC(C)=C(C(=O)OCC)C(c3ccccc3)C2C(=O)OCC)n1. The van der Waals surface area contributed by atoms with Gasteiger partial charge in [-0.1, -0.05) is 30.3 Å². The molecule has 1 aromatic carbocycles. The Morgan fingerprint density at radius 1 is 1.06 bits per heavy atom. The van der Waals surface area contributed by atoms with Crippen LogP contribution in [-0.4, -0.2) is 48.4 Å². The summed E-state index contributed by atoms with van der Waals surface area (Å²) in [6.45, 7) is 9.55. The molecule has 9 nitrogen and oxygen atoms in total. The number of thiazole rings is 1. The van der Waals surface area contributed by atoms with Crippen molar-refractivity contribution in [3.05, 3.63) is 58.2 Å². The summed E-state index contributed by atoms with van der Waals surface area (Å²) in [5.74, 6) is -2.80. The van der Waals surface area contributed by atoms with Gasteiger partial charge >= 0.3 is 17.9 Å². The molecule has 1 aromatic heterocycles. The van der Waals surface area contributed by atoms with Gasteiger partial charge in [0.1, 0.15) is 11.6 Å². The lowest BCUT2D eigenvalue weighted by atomic mass is 9.71. The van der Waals surface area contributed by atoms with Gasteiger partial charge in [0, 0.05) is 17.0 Å². The van der Waals surface area contributed by atoms with Crippen molar-refractivity contribution in [3.63, 3.8) is 0 Å². The van der Waals surface area contributed by atoms with Crippen molar-refractivity contribution in [2.75, 3.05) is 25.1 Å². The van der Waals surface area contributed by atoms with Crippen LogP contribution in [0, 0.1) is 5.92 Å². The van der Waals surface area contributed by atoms with Crippen molar-refractivity contribution in [2.24, 2.45) is 5.92 Å². The summed E-state index contributed by atoms with van der Waals surface area (Å²) < 4.78 is 15.9. The van der Waals surface area contributed by atoms with E-state index in [1.807, 2.05) is 37.3 Å². The number of esters is 3. The lowest BCUT2D eigenvalue weighted by molar-refractivity contribution is -0.152. The minimum atomic E-state index is -1.08. The van der Waals surface area contributed by atoms with Crippen LogP contribution in [0.25, 0.3) is 0 Å². The van der Waals surface area contributed by atoms with E-state index in [0.29, 0.717) is 28.7 Å². The number of hydrogen-bond acceptors (Lipinski definition) is 10. The van der Waals surface area contributed by atoms with Gasteiger partial charge in [0.25, 0.3) is 0 Å². The molecular weight excluding hydrogens is 482 g/mol. The molecule has 2 N–H and O–H groups in total. The third-order valence-corrected chi connectivity index (χ3v) is 6.67. The molecule has 2 aromatic rings. The van der Waals surface area contributed by atoms with Crippen molar-refractivity contribution >= 4 is 34.4 Å². The van der Waals surface area contributed by atoms with Crippen molar-refractivity contribution < 1.29 is 28.6 Å². The first kappa shape index (κ1) is 27.2. The standard InChI is InChI=1S/C26H33N3O6S/c1-6-33-19(30)14-18-15-36-25(27-18)29-26(5)22(24(32)35-8-3)21(17-12-10-9-11-13-17)20(16(4)28-26)23(31)34-7-2/h9-13,15,21-22,28H,6-8,14H2,1-5H3,(H,27,29). The fourth-order valence-electron chi connectivity index (χ4n) is 4.52. The maximum absolute atomic E-state index is 13.5. The van der Waals surface area contributed by atoms with E-state index in [9.17, 15) is 14.4 Å². The number of carbonyl (C=O) groups is 3. The van der Waals surface area contributed by atoms with Gasteiger partial charge in [-0.25, -0.2) is 9.78 Å². The van der Waals surface area contributed by atoms with E-state index in [0.717, 1.165) is 5.56 Å². The number of carbonyl (C=O) groups excluding carboxylic acids is 3. The monoisotopic (exact) mass is 515 g/mol. The molecule has 0 amide bonds. The second kappa shape index (κ2) is 12.0. The van der Waals surface area contributed by atoms with Crippen LogP contribution in [0.15, 0.2) is 47.0 Å².